The van der Waals surface area contributed by atoms with E-state index in [2.05, 4.69) is 26.1 Å². The minimum Gasteiger partial charge on any atom is -0.330 e. The van der Waals surface area contributed by atoms with Crippen LogP contribution in [-0.4, -0.2) is 20.1 Å². The summed E-state index contributed by atoms with van der Waals surface area (Å²) in [6, 6.07) is 0. The van der Waals surface area contributed by atoms with Crippen molar-refractivity contribution in [2.45, 2.75) is 33.6 Å². The molecule has 0 rings (SSSR count). The van der Waals surface area contributed by atoms with Gasteiger partial charge in [0.05, 0.1) is 0 Å². The Hall–Kier alpha value is -0.0800. The number of nitrogens with two attached hydrogens (primary N) is 1. The first kappa shape index (κ1) is 11.9. The summed E-state index contributed by atoms with van der Waals surface area (Å²) in [5, 5.41) is 3.20. The van der Waals surface area contributed by atoms with Crippen molar-refractivity contribution < 1.29 is 0 Å². The van der Waals surface area contributed by atoms with Gasteiger partial charge in [-0.25, -0.2) is 0 Å². The van der Waals surface area contributed by atoms with Crippen LogP contribution in [0.1, 0.15) is 33.6 Å². The van der Waals surface area contributed by atoms with Crippen LogP contribution in [0.5, 0.6) is 0 Å². The van der Waals surface area contributed by atoms with Gasteiger partial charge in [-0.3, -0.25) is 0 Å². The van der Waals surface area contributed by atoms with E-state index in [0.717, 1.165) is 25.4 Å². The predicted octanol–water partition coefficient (Wildman–Crippen LogP) is 1.61. The minimum atomic E-state index is 0.408. The molecule has 74 valence electrons. The SMILES string of the molecule is CNCC(C)CC(C)(C)CCN. The molecule has 1 unspecified atom stereocenters. The second kappa shape index (κ2) is 5.55. The van der Waals surface area contributed by atoms with E-state index in [9.17, 15) is 0 Å². The van der Waals surface area contributed by atoms with Crippen molar-refractivity contribution >= 4 is 0 Å². The lowest BCUT2D eigenvalue weighted by Crippen LogP contribution is -2.24. The molecule has 0 saturated carbocycles. The van der Waals surface area contributed by atoms with Gasteiger partial charge in [0.25, 0.3) is 0 Å². The smallest absolute Gasteiger partial charge is 0.00260 e. The molecule has 0 spiro atoms. The molecule has 0 aromatic carbocycles. The van der Waals surface area contributed by atoms with Crippen molar-refractivity contribution in [1.82, 2.24) is 5.32 Å². The standard InChI is InChI=1S/C10H24N2/c1-9(8-12-4)7-10(2,3)5-6-11/h9,12H,5-8,11H2,1-4H3. The largest absolute Gasteiger partial charge is 0.330 e. The average molecular weight is 172 g/mol. The third kappa shape index (κ3) is 5.56. The number of nitrogens with one attached hydrogen (secondary N) is 1. The Morgan fingerprint density at radius 2 is 2.00 bits per heavy atom. The van der Waals surface area contributed by atoms with E-state index in [1.54, 1.807) is 0 Å². The lowest BCUT2D eigenvalue weighted by Gasteiger charge is -2.27. The number of rotatable bonds is 6. The van der Waals surface area contributed by atoms with Gasteiger partial charge < -0.3 is 11.1 Å². The topological polar surface area (TPSA) is 38.0 Å². The Kier molecular flexibility index (Phi) is 5.51. The highest BCUT2D eigenvalue weighted by Gasteiger charge is 2.19. The molecule has 0 aliphatic heterocycles. The Labute approximate surface area is 76.9 Å². The zero-order valence-electron chi connectivity index (χ0n) is 8.98. The molecule has 0 radical (unpaired) electrons. The van der Waals surface area contributed by atoms with Crippen molar-refractivity contribution in [3.8, 4) is 0 Å². The summed E-state index contributed by atoms with van der Waals surface area (Å²) in [7, 11) is 2.01. The molecule has 12 heavy (non-hydrogen) atoms. The van der Waals surface area contributed by atoms with Gasteiger partial charge in [0.1, 0.15) is 0 Å². The van der Waals surface area contributed by atoms with E-state index in [4.69, 9.17) is 5.73 Å². The van der Waals surface area contributed by atoms with Crippen LogP contribution in [0.2, 0.25) is 0 Å². The first-order valence-corrected chi connectivity index (χ1v) is 4.86. The Morgan fingerprint density at radius 3 is 2.42 bits per heavy atom. The van der Waals surface area contributed by atoms with Crippen molar-refractivity contribution in [1.29, 1.82) is 0 Å². The van der Waals surface area contributed by atoms with Gasteiger partial charge in [-0.2, -0.15) is 0 Å². The second-order valence-corrected chi connectivity index (χ2v) is 4.57. The van der Waals surface area contributed by atoms with E-state index >= 15 is 0 Å². The summed E-state index contributed by atoms with van der Waals surface area (Å²) in [4.78, 5) is 0. The molecule has 0 fully saturated rings. The normalized spacial score (nSPS) is 14.8. The lowest BCUT2D eigenvalue weighted by atomic mass is 9.80. The molecule has 0 aromatic rings. The quantitative estimate of drug-likeness (QED) is 0.639. The third-order valence-electron chi connectivity index (χ3n) is 2.27. The molecule has 0 bridgehead atoms. The van der Waals surface area contributed by atoms with E-state index < -0.39 is 0 Å². The third-order valence-corrected chi connectivity index (χ3v) is 2.27. The van der Waals surface area contributed by atoms with Crippen LogP contribution in [0.3, 0.4) is 0 Å². The van der Waals surface area contributed by atoms with Crippen molar-refractivity contribution in [3.05, 3.63) is 0 Å². The Bertz CT molecular complexity index is 110. The average Bonchev–Trinajstić information content (AvgIpc) is 1.85. The molecular weight excluding hydrogens is 148 g/mol. The Morgan fingerprint density at radius 1 is 1.42 bits per heavy atom. The van der Waals surface area contributed by atoms with Crippen LogP contribution < -0.4 is 11.1 Å². The first-order valence-electron chi connectivity index (χ1n) is 4.86. The lowest BCUT2D eigenvalue weighted by molar-refractivity contribution is 0.258. The van der Waals surface area contributed by atoms with Crippen molar-refractivity contribution in [3.63, 3.8) is 0 Å². The van der Waals surface area contributed by atoms with Crippen molar-refractivity contribution in [2.24, 2.45) is 17.1 Å². The monoisotopic (exact) mass is 172 g/mol. The van der Waals surface area contributed by atoms with Crippen LogP contribution >= 0.6 is 0 Å². The van der Waals surface area contributed by atoms with E-state index in [1.807, 2.05) is 7.05 Å². The molecule has 0 heterocycles. The van der Waals surface area contributed by atoms with E-state index in [0.29, 0.717) is 5.41 Å². The molecular formula is C10H24N2. The molecule has 0 aliphatic carbocycles. The summed E-state index contributed by atoms with van der Waals surface area (Å²) in [5.74, 6) is 0.747. The molecule has 0 saturated heterocycles. The van der Waals surface area contributed by atoms with Gasteiger partial charge in [0.15, 0.2) is 0 Å². The predicted molar refractivity (Wildman–Crippen MR) is 55.2 cm³/mol. The number of hydrogen-bond donors (Lipinski definition) is 2. The van der Waals surface area contributed by atoms with Crippen LogP contribution in [0.15, 0.2) is 0 Å². The van der Waals surface area contributed by atoms with Gasteiger partial charge in [0.2, 0.25) is 0 Å². The minimum absolute atomic E-state index is 0.408. The van der Waals surface area contributed by atoms with E-state index in [1.165, 1.54) is 6.42 Å². The molecule has 2 heteroatoms. The van der Waals surface area contributed by atoms with Gasteiger partial charge in [-0.1, -0.05) is 20.8 Å². The maximum atomic E-state index is 5.55. The fraction of sp³-hybridized carbons (Fsp3) is 1.00. The van der Waals surface area contributed by atoms with Crippen LogP contribution in [0, 0.1) is 11.3 Å². The second-order valence-electron chi connectivity index (χ2n) is 4.57. The zero-order valence-corrected chi connectivity index (χ0v) is 8.98. The van der Waals surface area contributed by atoms with Crippen LogP contribution in [-0.2, 0) is 0 Å². The summed E-state index contributed by atoms with van der Waals surface area (Å²) in [5.41, 5.74) is 5.96. The van der Waals surface area contributed by atoms with Crippen molar-refractivity contribution in [2.75, 3.05) is 20.1 Å². The zero-order chi connectivity index (χ0) is 9.61. The molecule has 1 atom stereocenters. The Balaban J connectivity index is 3.70. The molecule has 0 aromatic heterocycles. The maximum absolute atomic E-state index is 5.55. The fourth-order valence-electron chi connectivity index (χ4n) is 1.86. The van der Waals surface area contributed by atoms with Gasteiger partial charge >= 0.3 is 0 Å². The molecule has 0 aliphatic rings. The summed E-state index contributed by atoms with van der Waals surface area (Å²) >= 11 is 0. The van der Waals surface area contributed by atoms with Crippen LogP contribution in [0.25, 0.3) is 0 Å². The maximum Gasteiger partial charge on any atom is -0.00260 e. The highest BCUT2D eigenvalue weighted by molar-refractivity contribution is 4.72. The highest BCUT2D eigenvalue weighted by Crippen LogP contribution is 2.28. The summed E-state index contributed by atoms with van der Waals surface area (Å²) in [6.45, 7) is 8.79. The number of hydrogen-bond acceptors (Lipinski definition) is 2. The fourth-order valence-corrected chi connectivity index (χ4v) is 1.86. The molecule has 0 amide bonds. The first-order chi connectivity index (χ1) is 5.52. The van der Waals surface area contributed by atoms with Gasteiger partial charge in [0, 0.05) is 0 Å². The summed E-state index contributed by atoms with van der Waals surface area (Å²) in [6.07, 6.45) is 2.38. The summed E-state index contributed by atoms with van der Waals surface area (Å²) < 4.78 is 0. The van der Waals surface area contributed by atoms with E-state index in [-0.39, 0.29) is 0 Å². The molecule has 2 nitrogen and oxygen atoms in total. The van der Waals surface area contributed by atoms with Gasteiger partial charge in [-0.05, 0) is 44.3 Å². The van der Waals surface area contributed by atoms with Gasteiger partial charge in [-0.15, -0.1) is 0 Å². The highest BCUT2D eigenvalue weighted by atomic mass is 14.8. The van der Waals surface area contributed by atoms with Crippen LogP contribution in [0.4, 0.5) is 0 Å². The molecule has 3 N–H and O–H groups in total.